The molecule has 1 aliphatic rings. The van der Waals surface area contributed by atoms with Crippen molar-refractivity contribution in [3.8, 4) is 0 Å². The summed E-state index contributed by atoms with van der Waals surface area (Å²) in [7, 11) is 0. The van der Waals surface area contributed by atoms with Gasteiger partial charge in [-0.1, -0.05) is 13.8 Å². The van der Waals surface area contributed by atoms with Crippen LogP contribution in [0, 0.1) is 5.92 Å². The van der Waals surface area contributed by atoms with E-state index in [2.05, 4.69) is 24.0 Å². The van der Waals surface area contributed by atoms with Gasteiger partial charge in [-0.3, -0.25) is 5.01 Å². The summed E-state index contributed by atoms with van der Waals surface area (Å²) in [6, 6.07) is 0. The lowest BCUT2D eigenvalue weighted by Gasteiger charge is -2.12. The normalized spacial score (nSPS) is 25.6. The first kappa shape index (κ1) is 6.59. The standard InChI is InChI=1S/C7H14N2/c1-3-4-9-6-7(2)5-8-9/h5,7H,3-4,6H2,1-2H3. The zero-order valence-corrected chi connectivity index (χ0v) is 6.17. The van der Waals surface area contributed by atoms with Gasteiger partial charge < -0.3 is 0 Å². The molecule has 0 bridgehead atoms. The van der Waals surface area contributed by atoms with Crippen LogP contribution in [0.2, 0.25) is 0 Å². The molecule has 0 aromatic carbocycles. The molecule has 0 aliphatic carbocycles. The van der Waals surface area contributed by atoms with E-state index in [-0.39, 0.29) is 0 Å². The van der Waals surface area contributed by atoms with Crippen LogP contribution in [0.15, 0.2) is 5.10 Å². The molecular formula is C7H14N2. The van der Waals surface area contributed by atoms with E-state index in [0.29, 0.717) is 5.92 Å². The van der Waals surface area contributed by atoms with Gasteiger partial charge in [-0.25, -0.2) is 0 Å². The minimum atomic E-state index is 0.663. The average molecular weight is 126 g/mol. The monoisotopic (exact) mass is 126 g/mol. The lowest BCUT2D eigenvalue weighted by Crippen LogP contribution is -2.17. The van der Waals surface area contributed by atoms with Gasteiger partial charge in [0.25, 0.3) is 0 Å². The van der Waals surface area contributed by atoms with E-state index in [0.717, 1.165) is 13.1 Å². The highest BCUT2D eigenvalue weighted by molar-refractivity contribution is 5.61. The van der Waals surface area contributed by atoms with Gasteiger partial charge in [0.15, 0.2) is 0 Å². The Morgan fingerprint density at radius 1 is 1.78 bits per heavy atom. The summed E-state index contributed by atoms with van der Waals surface area (Å²) in [5.41, 5.74) is 0. The minimum Gasteiger partial charge on any atom is -0.297 e. The van der Waals surface area contributed by atoms with Crippen LogP contribution in [0.5, 0.6) is 0 Å². The molecule has 0 spiro atoms. The molecular weight excluding hydrogens is 112 g/mol. The van der Waals surface area contributed by atoms with Gasteiger partial charge in [0.2, 0.25) is 0 Å². The number of rotatable bonds is 2. The van der Waals surface area contributed by atoms with E-state index >= 15 is 0 Å². The fraction of sp³-hybridized carbons (Fsp3) is 0.857. The first-order chi connectivity index (χ1) is 4.33. The number of hydrazone groups is 1. The van der Waals surface area contributed by atoms with Crippen LogP contribution in [0.1, 0.15) is 20.3 Å². The molecule has 1 atom stereocenters. The number of hydrogen-bond acceptors (Lipinski definition) is 2. The molecule has 0 aromatic heterocycles. The zero-order valence-electron chi connectivity index (χ0n) is 6.17. The van der Waals surface area contributed by atoms with Gasteiger partial charge >= 0.3 is 0 Å². The highest BCUT2D eigenvalue weighted by atomic mass is 15.5. The van der Waals surface area contributed by atoms with Gasteiger partial charge in [-0.15, -0.1) is 0 Å². The zero-order chi connectivity index (χ0) is 6.69. The van der Waals surface area contributed by atoms with Crippen molar-refractivity contribution in [1.82, 2.24) is 5.01 Å². The molecule has 0 saturated carbocycles. The van der Waals surface area contributed by atoms with Crippen molar-refractivity contribution in [2.45, 2.75) is 20.3 Å². The maximum Gasteiger partial charge on any atom is 0.0436 e. The van der Waals surface area contributed by atoms with Crippen molar-refractivity contribution in [3.63, 3.8) is 0 Å². The molecule has 0 radical (unpaired) electrons. The third kappa shape index (κ3) is 1.70. The van der Waals surface area contributed by atoms with Crippen molar-refractivity contribution in [2.75, 3.05) is 13.1 Å². The Bertz CT molecular complexity index is 109. The molecule has 52 valence electrons. The van der Waals surface area contributed by atoms with Crippen LogP contribution >= 0.6 is 0 Å². The van der Waals surface area contributed by atoms with Crippen LogP contribution in [-0.4, -0.2) is 24.3 Å². The van der Waals surface area contributed by atoms with Crippen LogP contribution in [0.3, 0.4) is 0 Å². The summed E-state index contributed by atoms with van der Waals surface area (Å²) in [5.74, 6) is 0.663. The van der Waals surface area contributed by atoms with E-state index in [1.807, 2.05) is 6.21 Å². The van der Waals surface area contributed by atoms with Crippen molar-refractivity contribution < 1.29 is 0 Å². The summed E-state index contributed by atoms with van der Waals surface area (Å²) in [5, 5.41) is 6.34. The van der Waals surface area contributed by atoms with Crippen LogP contribution in [0.25, 0.3) is 0 Å². The van der Waals surface area contributed by atoms with E-state index in [1.54, 1.807) is 0 Å². The molecule has 2 heteroatoms. The topological polar surface area (TPSA) is 15.6 Å². The quantitative estimate of drug-likeness (QED) is 0.545. The van der Waals surface area contributed by atoms with E-state index in [1.165, 1.54) is 6.42 Å². The van der Waals surface area contributed by atoms with Crippen LogP contribution in [0.4, 0.5) is 0 Å². The van der Waals surface area contributed by atoms with Gasteiger partial charge in [-0.2, -0.15) is 5.10 Å². The first-order valence-electron chi connectivity index (χ1n) is 3.62. The Balaban J connectivity index is 2.24. The van der Waals surface area contributed by atoms with E-state index in [4.69, 9.17) is 0 Å². The highest BCUT2D eigenvalue weighted by Crippen LogP contribution is 2.05. The number of hydrogen-bond donors (Lipinski definition) is 0. The van der Waals surface area contributed by atoms with Crippen molar-refractivity contribution in [3.05, 3.63) is 0 Å². The molecule has 1 rings (SSSR count). The third-order valence-electron chi connectivity index (χ3n) is 1.46. The minimum absolute atomic E-state index is 0.663. The summed E-state index contributed by atoms with van der Waals surface area (Å²) in [6.07, 6.45) is 3.22. The van der Waals surface area contributed by atoms with Crippen LogP contribution < -0.4 is 0 Å². The Hall–Kier alpha value is -0.530. The van der Waals surface area contributed by atoms with Gasteiger partial charge in [0.1, 0.15) is 0 Å². The highest BCUT2D eigenvalue weighted by Gasteiger charge is 2.10. The Labute approximate surface area is 56.5 Å². The van der Waals surface area contributed by atoms with Gasteiger partial charge in [0, 0.05) is 25.2 Å². The second kappa shape index (κ2) is 2.85. The molecule has 0 aromatic rings. The lowest BCUT2D eigenvalue weighted by atomic mass is 10.2. The molecule has 1 heterocycles. The fourth-order valence-corrected chi connectivity index (χ4v) is 1.04. The lowest BCUT2D eigenvalue weighted by molar-refractivity contribution is 0.301. The fourth-order valence-electron chi connectivity index (χ4n) is 1.04. The SMILES string of the molecule is CCCN1CC(C)C=N1. The first-order valence-corrected chi connectivity index (χ1v) is 3.62. The van der Waals surface area contributed by atoms with Crippen molar-refractivity contribution in [2.24, 2.45) is 11.0 Å². The van der Waals surface area contributed by atoms with Crippen molar-refractivity contribution in [1.29, 1.82) is 0 Å². The molecule has 1 unspecified atom stereocenters. The Morgan fingerprint density at radius 3 is 3.00 bits per heavy atom. The van der Waals surface area contributed by atoms with Crippen LogP contribution in [-0.2, 0) is 0 Å². The third-order valence-corrected chi connectivity index (χ3v) is 1.46. The van der Waals surface area contributed by atoms with Gasteiger partial charge in [0.05, 0.1) is 0 Å². The second-order valence-corrected chi connectivity index (χ2v) is 2.65. The number of nitrogens with zero attached hydrogens (tertiary/aromatic N) is 2. The van der Waals surface area contributed by atoms with E-state index in [9.17, 15) is 0 Å². The summed E-state index contributed by atoms with van der Waals surface area (Å²) < 4.78 is 0. The predicted molar refractivity (Wildman–Crippen MR) is 39.5 cm³/mol. The molecule has 0 fully saturated rings. The Kier molecular flexibility index (Phi) is 2.09. The largest absolute Gasteiger partial charge is 0.297 e. The molecule has 2 nitrogen and oxygen atoms in total. The molecule has 0 saturated heterocycles. The summed E-state index contributed by atoms with van der Waals surface area (Å²) in [4.78, 5) is 0. The van der Waals surface area contributed by atoms with E-state index < -0.39 is 0 Å². The molecule has 0 N–H and O–H groups in total. The summed E-state index contributed by atoms with van der Waals surface area (Å²) >= 11 is 0. The Morgan fingerprint density at radius 2 is 2.56 bits per heavy atom. The summed E-state index contributed by atoms with van der Waals surface area (Å²) in [6.45, 7) is 6.60. The smallest absolute Gasteiger partial charge is 0.0436 e. The maximum atomic E-state index is 4.21. The average Bonchev–Trinajstić information content (AvgIpc) is 2.17. The molecule has 1 aliphatic heterocycles. The maximum absolute atomic E-state index is 4.21. The molecule has 0 amide bonds. The predicted octanol–water partition coefficient (Wildman–Crippen LogP) is 1.33. The second-order valence-electron chi connectivity index (χ2n) is 2.65. The molecule has 9 heavy (non-hydrogen) atoms. The van der Waals surface area contributed by atoms with Crippen molar-refractivity contribution >= 4 is 6.21 Å². The van der Waals surface area contributed by atoms with Gasteiger partial charge in [-0.05, 0) is 6.42 Å².